The SMILES string of the molecule is CC[C@H](C)[C@H](OCc1cccc(F)c1F)C1C(C(=O)NCC(=O)O)NC(c2ccccc2)C1[N+](=O)[O-]. The molecule has 6 atom stereocenters. The summed E-state index contributed by atoms with van der Waals surface area (Å²) < 4.78 is 34.0. The number of rotatable bonds is 11. The van der Waals surface area contributed by atoms with Crippen LogP contribution in [0, 0.1) is 33.6 Å². The lowest BCUT2D eigenvalue weighted by molar-refractivity contribution is -0.535. The van der Waals surface area contributed by atoms with Crippen LogP contribution in [0.5, 0.6) is 0 Å². The highest BCUT2D eigenvalue weighted by Gasteiger charge is 2.57. The first kappa shape index (κ1) is 27.2. The summed E-state index contributed by atoms with van der Waals surface area (Å²) in [7, 11) is 0. The molecule has 0 radical (unpaired) electrons. The van der Waals surface area contributed by atoms with E-state index in [1.807, 2.05) is 6.92 Å². The molecule has 9 nitrogen and oxygen atoms in total. The highest BCUT2D eigenvalue weighted by atomic mass is 19.2. The molecule has 0 aromatic heterocycles. The van der Waals surface area contributed by atoms with Crippen molar-refractivity contribution in [3.05, 3.63) is 81.4 Å². The Morgan fingerprint density at radius 1 is 1.19 bits per heavy atom. The van der Waals surface area contributed by atoms with E-state index >= 15 is 0 Å². The van der Waals surface area contributed by atoms with E-state index in [9.17, 15) is 28.5 Å². The second-order valence-electron chi connectivity index (χ2n) is 8.87. The molecule has 36 heavy (non-hydrogen) atoms. The summed E-state index contributed by atoms with van der Waals surface area (Å²) in [5.74, 6) is -5.45. The third kappa shape index (κ3) is 6.03. The molecule has 0 saturated carbocycles. The Kier molecular flexibility index (Phi) is 9.05. The Morgan fingerprint density at radius 2 is 1.89 bits per heavy atom. The van der Waals surface area contributed by atoms with E-state index in [1.165, 1.54) is 12.1 Å². The summed E-state index contributed by atoms with van der Waals surface area (Å²) in [5.41, 5.74) is 0.523. The van der Waals surface area contributed by atoms with E-state index in [-0.39, 0.29) is 18.1 Å². The summed E-state index contributed by atoms with van der Waals surface area (Å²) in [6.07, 6.45) is -0.383. The van der Waals surface area contributed by atoms with Gasteiger partial charge in [0, 0.05) is 10.5 Å². The van der Waals surface area contributed by atoms with Crippen molar-refractivity contribution in [3.63, 3.8) is 0 Å². The highest BCUT2D eigenvalue weighted by Crippen LogP contribution is 2.40. The fourth-order valence-corrected chi connectivity index (χ4v) is 4.68. The fourth-order valence-electron chi connectivity index (χ4n) is 4.68. The quantitative estimate of drug-likeness (QED) is 0.316. The van der Waals surface area contributed by atoms with Crippen molar-refractivity contribution in [1.82, 2.24) is 10.6 Å². The number of aliphatic carboxylic acids is 1. The van der Waals surface area contributed by atoms with Crippen LogP contribution in [0.3, 0.4) is 0 Å². The molecular weight excluding hydrogens is 476 g/mol. The third-order valence-corrected chi connectivity index (χ3v) is 6.63. The summed E-state index contributed by atoms with van der Waals surface area (Å²) in [6, 6.07) is 8.90. The van der Waals surface area contributed by atoms with Crippen molar-refractivity contribution in [2.24, 2.45) is 11.8 Å². The molecule has 1 aliphatic rings. The van der Waals surface area contributed by atoms with Crippen LogP contribution < -0.4 is 10.6 Å². The average Bonchev–Trinajstić information content (AvgIpc) is 3.26. The van der Waals surface area contributed by atoms with Crippen LogP contribution in [0.1, 0.15) is 37.4 Å². The van der Waals surface area contributed by atoms with E-state index in [0.29, 0.717) is 12.0 Å². The van der Waals surface area contributed by atoms with E-state index in [4.69, 9.17) is 9.84 Å². The number of benzene rings is 2. The molecule has 1 aliphatic heterocycles. The minimum Gasteiger partial charge on any atom is -0.480 e. The molecule has 11 heteroatoms. The number of carbonyl (C=O) groups excluding carboxylic acids is 1. The average molecular weight is 506 g/mol. The Hall–Kier alpha value is -3.44. The van der Waals surface area contributed by atoms with Crippen LogP contribution in [-0.4, -0.2) is 46.6 Å². The first-order valence-corrected chi connectivity index (χ1v) is 11.6. The number of nitrogens with one attached hydrogen (secondary N) is 2. The predicted octanol–water partition coefficient (Wildman–Crippen LogP) is 3.07. The fraction of sp³-hybridized carbons (Fsp3) is 0.440. The lowest BCUT2D eigenvalue weighted by atomic mass is 9.80. The van der Waals surface area contributed by atoms with Gasteiger partial charge in [0.25, 0.3) is 0 Å². The maximum Gasteiger partial charge on any atom is 0.322 e. The van der Waals surface area contributed by atoms with Crippen LogP contribution in [-0.2, 0) is 20.9 Å². The molecule has 2 aromatic carbocycles. The Labute approximate surface area is 207 Å². The molecule has 4 unspecified atom stereocenters. The van der Waals surface area contributed by atoms with Gasteiger partial charge in [0.2, 0.25) is 11.9 Å². The maximum atomic E-state index is 14.3. The number of hydrogen-bond acceptors (Lipinski definition) is 6. The molecule has 1 amide bonds. The van der Waals surface area contributed by atoms with E-state index in [1.54, 1.807) is 37.3 Å². The smallest absolute Gasteiger partial charge is 0.322 e. The molecule has 2 aromatic rings. The number of carboxylic acid groups (broad SMARTS) is 1. The van der Waals surface area contributed by atoms with Gasteiger partial charge in [0.15, 0.2) is 11.6 Å². The number of amides is 1. The van der Waals surface area contributed by atoms with Crippen molar-refractivity contribution >= 4 is 11.9 Å². The van der Waals surface area contributed by atoms with E-state index in [2.05, 4.69) is 10.6 Å². The molecule has 0 aliphatic carbocycles. The second kappa shape index (κ2) is 12.0. The molecule has 1 fully saturated rings. The number of hydrogen-bond donors (Lipinski definition) is 3. The van der Waals surface area contributed by atoms with Gasteiger partial charge in [0.1, 0.15) is 12.6 Å². The number of nitrogens with zero attached hydrogens (tertiary/aromatic N) is 1. The second-order valence-corrected chi connectivity index (χ2v) is 8.87. The Balaban J connectivity index is 2.02. The molecule has 1 heterocycles. The zero-order chi connectivity index (χ0) is 26.4. The van der Waals surface area contributed by atoms with Crippen molar-refractivity contribution in [2.45, 2.75) is 51.1 Å². The lowest BCUT2D eigenvalue weighted by Gasteiger charge is -2.32. The van der Waals surface area contributed by atoms with Gasteiger partial charge in [0.05, 0.1) is 24.7 Å². The van der Waals surface area contributed by atoms with Gasteiger partial charge in [-0.1, -0.05) is 62.7 Å². The van der Waals surface area contributed by atoms with Crippen LogP contribution >= 0.6 is 0 Å². The third-order valence-electron chi connectivity index (χ3n) is 6.63. The van der Waals surface area contributed by atoms with Crippen molar-refractivity contribution < 1.29 is 33.1 Å². The first-order chi connectivity index (χ1) is 17.1. The summed E-state index contributed by atoms with van der Waals surface area (Å²) in [4.78, 5) is 36.0. The molecule has 1 saturated heterocycles. The van der Waals surface area contributed by atoms with Crippen LogP contribution in [0.2, 0.25) is 0 Å². The van der Waals surface area contributed by atoms with Gasteiger partial charge in [-0.3, -0.25) is 25.0 Å². The van der Waals surface area contributed by atoms with Gasteiger partial charge in [-0.25, -0.2) is 8.78 Å². The number of nitro groups is 1. The summed E-state index contributed by atoms with van der Waals surface area (Å²) >= 11 is 0. The minimum atomic E-state index is -1.32. The lowest BCUT2D eigenvalue weighted by Crippen LogP contribution is -2.51. The molecule has 0 spiro atoms. The molecule has 3 N–H and O–H groups in total. The topological polar surface area (TPSA) is 131 Å². The maximum absolute atomic E-state index is 14.3. The van der Waals surface area contributed by atoms with Crippen LogP contribution in [0.15, 0.2) is 48.5 Å². The standard InChI is InChI=1S/C25H29F2N3O6/c1-3-14(2)24(36-13-16-10-7-11-17(26)20(16)27)19-22(25(33)28-12-18(31)32)29-21(23(19)30(34)35)15-8-5-4-6-9-15/h4-11,14,19,21-24,29H,3,12-13H2,1-2H3,(H,28,33)(H,31,32)/t14-,19?,21?,22?,23?,24-/m0/s1. The van der Waals surface area contributed by atoms with Gasteiger partial charge in [-0.05, 0) is 17.5 Å². The van der Waals surface area contributed by atoms with Crippen LogP contribution in [0.25, 0.3) is 0 Å². The molecule has 0 bridgehead atoms. The van der Waals surface area contributed by atoms with Crippen molar-refractivity contribution in [3.8, 4) is 0 Å². The molecule has 194 valence electrons. The van der Waals surface area contributed by atoms with Crippen molar-refractivity contribution in [1.29, 1.82) is 0 Å². The van der Waals surface area contributed by atoms with Gasteiger partial charge < -0.3 is 15.2 Å². The monoisotopic (exact) mass is 505 g/mol. The zero-order valence-electron chi connectivity index (χ0n) is 19.9. The Morgan fingerprint density at radius 3 is 2.50 bits per heavy atom. The number of carboxylic acids is 1. The number of carbonyl (C=O) groups is 2. The molecular formula is C25H29F2N3O6. The highest BCUT2D eigenvalue weighted by molar-refractivity contribution is 5.86. The largest absolute Gasteiger partial charge is 0.480 e. The number of halogens is 2. The van der Waals surface area contributed by atoms with Gasteiger partial charge >= 0.3 is 5.97 Å². The van der Waals surface area contributed by atoms with E-state index < -0.39 is 65.1 Å². The van der Waals surface area contributed by atoms with Crippen LogP contribution in [0.4, 0.5) is 8.78 Å². The Bertz CT molecular complexity index is 1090. The normalized spacial score (nSPS) is 23.1. The minimum absolute atomic E-state index is 0.0570. The summed E-state index contributed by atoms with van der Waals surface area (Å²) in [6.45, 7) is 2.62. The van der Waals surface area contributed by atoms with Gasteiger partial charge in [-0.2, -0.15) is 0 Å². The first-order valence-electron chi connectivity index (χ1n) is 11.6. The summed E-state index contributed by atoms with van der Waals surface area (Å²) in [5, 5.41) is 26.7. The van der Waals surface area contributed by atoms with E-state index in [0.717, 1.165) is 6.07 Å². The van der Waals surface area contributed by atoms with Crippen molar-refractivity contribution in [2.75, 3.05) is 6.54 Å². The zero-order valence-corrected chi connectivity index (χ0v) is 19.9. The predicted molar refractivity (Wildman–Crippen MR) is 125 cm³/mol. The van der Waals surface area contributed by atoms with Gasteiger partial charge in [-0.15, -0.1) is 0 Å². The number of ether oxygens (including phenoxy) is 1. The molecule has 3 rings (SSSR count).